The van der Waals surface area contributed by atoms with Crippen molar-refractivity contribution in [2.24, 2.45) is 5.73 Å². The third-order valence-electron chi connectivity index (χ3n) is 4.47. The summed E-state index contributed by atoms with van der Waals surface area (Å²) in [6.07, 6.45) is 0. The maximum absolute atomic E-state index is 13.6. The number of aromatic nitrogens is 1. The van der Waals surface area contributed by atoms with Crippen LogP contribution in [0.1, 0.15) is 21.5 Å². The summed E-state index contributed by atoms with van der Waals surface area (Å²) in [7, 11) is 0. The van der Waals surface area contributed by atoms with E-state index in [4.69, 9.17) is 5.73 Å². The maximum atomic E-state index is 13.6. The molecule has 0 atom stereocenters. The molecule has 1 heterocycles. The molecular formula is C21H15F2N2O. The minimum Gasteiger partial charge on any atom is -0.366 e. The zero-order valence-corrected chi connectivity index (χ0v) is 14.0. The fourth-order valence-corrected chi connectivity index (χ4v) is 3.42. The van der Waals surface area contributed by atoms with E-state index in [1.165, 1.54) is 12.1 Å². The molecule has 2 N–H and O–H groups in total. The Morgan fingerprint density at radius 2 is 1.85 bits per heavy atom. The van der Waals surface area contributed by atoms with Gasteiger partial charge >= 0.3 is 0 Å². The molecule has 1 aromatic heterocycles. The van der Waals surface area contributed by atoms with Crippen LogP contribution in [0.15, 0.2) is 48.5 Å². The molecule has 1 amide bonds. The van der Waals surface area contributed by atoms with Crippen molar-refractivity contribution in [2.45, 2.75) is 13.5 Å². The molecule has 129 valence electrons. The first kappa shape index (κ1) is 16.3. The number of nitrogens with two attached hydrogens (primary N) is 1. The first-order valence-corrected chi connectivity index (χ1v) is 8.12. The summed E-state index contributed by atoms with van der Waals surface area (Å²) in [6.45, 7) is 2.20. The van der Waals surface area contributed by atoms with Crippen LogP contribution in [-0.2, 0) is 6.54 Å². The molecule has 1 radical (unpaired) electrons. The fraction of sp³-hybridized carbons (Fsp3) is 0.0952. The fourth-order valence-electron chi connectivity index (χ4n) is 3.42. The van der Waals surface area contributed by atoms with Gasteiger partial charge in [0, 0.05) is 28.9 Å². The van der Waals surface area contributed by atoms with Gasteiger partial charge in [-0.05, 0) is 54.4 Å². The smallest absolute Gasteiger partial charge is 0.249 e. The summed E-state index contributed by atoms with van der Waals surface area (Å²) in [6, 6.07) is 15.7. The van der Waals surface area contributed by atoms with Crippen molar-refractivity contribution < 1.29 is 13.6 Å². The summed E-state index contributed by atoms with van der Waals surface area (Å²) in [5.41, 5.74) is 9.03. The maximum Gasteiger partial charge on any atom is 0.249 e. The molecule has 0 aliphatic heterocycles. The molecule has 5 heteroatoms. The third-order valence-corrected chi connectivity index (χ3v) is 4.47. The van der Waals surface area contributed by atoms with Gasteiger partial charge in [0.2, 0.25) is 5.91 Å². The quantitative estimate of drug-likeness (QED) is 0.588. The summed E-state index contributed by atoms with van der Waals surface area (Å²) in [5, 5.41) is 1.46. The minimum atomic E-state index is -0.624. The van der Waals surface area contributed by atoms with Gasteiger partial charge in [-0.2, -0.15) is 0 Å². The molecule has 0 aliphatic rings. The van der Waals surface area contributed by atoms with E-state index >= 15 is 0 Å². The van der Waals surface area contributed by atoms with Crippen molar-refractivity contribution in [2.75, 3.05) is 0 Å². The monoisotopic (exact) mass is 349 g/mol. The van der Waals surface area contributed by atoms with Crippen LogP contribution in [0.5, 0.6) is 0 Å². The number of aryl methyl sites for hydroxylation is 1. The second-order valence-electron chi connectivity index (χ2n) is 6.37. The zero-order chi connectivity index (χ0) is 18.4. The number of halogens is 2. The van der Waals surface area contributed by atoms with E-state index in [0.717, 1.165) is 28.0 Å². The highest BCUT2D eigenvalue weighted by molar-refractivity contribution is 6.17. The first-order chi connectivity index (χ1) is 12.4. The minimum absolute atomic E-state index is 0.258. The van der Waals surface area contributed by atoms with Gasteiger partial charge in [-0.15, -0.1) is 0 Å². The Morgan fingerprint density at radius 3 is 2.54 bits per heavy atom. The highest BCUT2D eigenvalue weighted by Gasteiger charge is 2.17. The van der Waals surface area contributed by atoms with E-state index in [2.05, 4.69) is 6.07 Å². The van der Waals surface area contributed by atoms with Gasteiger partial charge in [-0.1, -0.05) is 12.1 Å². The largest absolute Gasteiger partial charge is 0.366 e. The number of carbonyl (C=O) groups excluding carboxylic acids is 1. The normalized spacial score (nSPS) is 11.3. The number of primary amides is 1. The van der Waals surface area contributed by atoms with E-state index in [9.17, 15) is 13.6 Å². The second kappa shape index (κ2) is 5.95. The Balaban J connectivity index is 2.04. The van der Waals surface area contributed by atoms with Gasteiger partial charge in [0.15, 0.2) is 0 Å². The van der Waals surface area contributed by atoms with E-state index in [-0.39, 0.29) is 6.54 Å². The summed E-state index contributed by atoms with van der Waals surface area (Å²) in [4.78, 5) is 11.9. The predicted octanol–water partition coefficient (Wildman–Crippen LogP) is 4.33. The van der Waals surface area contributed by atoms with Crippen LogP contribution in [0.4, 0.5) is 8.78 Å². The lowest BCUT2D eigenvalue weighted by molar-refractivity contribution is 0.100. The number of carbonyl (C=O) groups is 1. The predicted molar refractivity (Wildman–Crippen MR) is 97.0 cm³/mol. The number of hydrogen-bond acceptors (Lipinski definition) is 1. The van der Waals surface area contributed by atoms with Crippen molar-refractivity contribution in [3.05, 3.63) is 82.9 Å². The van der Waals surface area contributed by atoms with Gasteiger partial charge in [0.1, 0.15) is 11.6 Å². The van der Waals surface area contributed by atoms with Gasteiger partial charge in [-0.25, -0.2) is 8.78 Å². The SMILES string of the molecule is Cc1c[c]c2c3c(C(N)=O)cccc3n(Cc3cc(F)cc(F)c3)c2c1. The zero-order valence-electron chi connectivity index (χ0n) is 14.0. The summed E-state index contributed by atoms with van der Waals surface area (Å²) < 4.78 is 29.1. The molecule has 0 fully saturated rings. The Hall–Kier alpha value is -3.21. The molecule has 0 spiro atoms. The first-order valence-electron chi connectivity index (χ1n) is 8.12. The van der Waals surface area contributed by atoms with Crippen molar-refractivity contribution >= 4 is 27.7 Å². The number of benzene rings is 3. The average molecular weight is 349 g/mol. The van der Waals surface area contributed by atoms with Crippen LogP contribution in [0.3, 0.4) is 0 Å². The lowest BCUT2D eigenvalue weighted by atomic mass is 10.1. The topological polar surface area (TPSA) is 48.0 Å². The van der Waals surface area contributed by atoms with Crippen molar-refractivity contribution in [3.8, 4) is 0 Å². The van der Waals surface area contributed by atoms with Gasteiger partial charge in [-0.3, -0.25) is 4.79 Å². The molecule has 4 aromatic rings. The third kappa shape index (κ3) is 2.62. The molecule has 26 heavy (non-hydrogen) atoms. The lowest BCUT2D eigenvalue weighted by Gasteiger charge is -2.09. The molecule has 0 unspecified atom stereocenters. The second-order valence-corrected chi connectivity index (χ2v) is 6.37. The molecule has 3 nitrogen and oxygen atoms in total. The Bertz CT molecular complexity index is 1160. The van der Waals surface area contributed by atoms with Crippen LogP contribution < -0.4 is 5.73 Å². The summed E-state index contributed by atoms with van der Waals surface area (Å²) >= 11 is 0. The Kier molecular flexibility index (Phi) is 3.72. The van der Waals surface area contributed by atoms with Crippen LogP contribution in [0.25, 0.3) is 21.8 Å². The Morgan fingerprint density at radius 1 is 1.12 bits per heavy atom. The highest BCUT2D eigenvalue weighted by Crippen LogP contribution is 2.32. The van der Waals surface area contributed by atoms with Crippen molar-refractivity contribution in [3.63, 3.8) is 0 Å². The van der Waals surface area contributed by atoms with Crippen LogP contribution in [0.2, 0.25) is 0 Å². The van der Waals surface area contributed by atoms with Crippen molar-refractivity contribution in [1.29, 1.82) is 0 Å². The number of fused-ring (bicyclic) bond motifs is 3. The molecule has 0 aliphatic carbocycles. The number of nitrogens with zero attached hydrogens (tertiary/aromatic N) is 1. The molecule has 0 saturated carbocycles. The van der Waals surface area contributed by atoms with Crippen LogP contribution >= 0.6 is 0 Å². The number of hydrogen-bond donors (Lipinski definition) is 1. The van der Waals surface area contributed by atoms with Gasteiger partial charge in [0.05, 0.1) is 11.0 Å². The molecule has 4 rings (SSSR count). The van der Waals surface area contributed by atoms with E-state index in [0.29, 0.717) is 16.5 Å². The molecule has 0 saturated heterocycles. The number of amides is 1. The lowest BCUT2D eigenvalue weighted by Crippen LogP contribution is -2.11. The van der Waals surface area contributed by atoms with E-state index in [1.54, 1.807) is 12.1 Å². The average Bonchev–Trinajstić information content (AvgIpc) is 2.87. The van der Waals surface area contributed by atoms with Crippen LogP contribution in [-0.4, -0.2) is 10.5 Å². The standard InChI is InChI=1S/C21H15F2N2O/c1-12-5-6-16-19(7-12)25(11-13-8-14(22)10-15(23)9-13)18-4-2-3-17(20(16)18)21(24)26/h2-5,7-10H,11H2,1H3,(H2,24,26). The summed E-state index contributed by atoms with van der Waals surface area (Å²) in [5.74, 6) is -1.77. The molecule has 3 aromatic carbocycles. The highest BCUT2D eigenvalue weighted by atomic mass is 19.1. The number of rotatable bonds is 3. The van der Waals surface area contributed by atoms with E-state index in [1.807, 2.05) is 29.7 Å². The van der Waals surface area contributed by atoms with Gasteiger partial charge < -0.3 is 10.3 Å². The molecular weight excluding hydrogens is 334 g/mol. The molecule has 0 bridgehead atoms. The van der Waals surface area contributed by atoms with Crippen molar-refractivity contribution in [1.82, 2.24) is 4.57 Å². The van der Waals surface area contributed by atoms with E-state index < -0.39 is 17.5 Å². The van der Waals surface area contributed by atoms with Crippen LogP contribution in [0, 0.1) is 24.6 Å². The Labute approximate surface area is 148 Å². The van der Waals surface area contributed by atoms with Gasteiger partial charge in [0.25, 0.3) is 0 Å².